The lowest BCUT2D eigenvalue weighted by Gasteiger charge is -2.14. The number of nitrogens with one attached hydrogen (secondary N) is 1. The largest absolute Gasteiger partial charge is 0.452 e. The molecule has 0 atom stereocenters. The molecule has 5 aromatic rings. The fourth-order valence-electron chi connectivity index (χ4n) is 4.09. The third-order valence-electron chi connectivity index (χ3n) is 5.82. The second kappa shape index (κ2) is 10.1. The number of aromatic nitrogens is 3. The molecule has 37 heavy (non-hydrogen) atoms. The number of rotatable bonds is 8. The molecule has 0 aliphatic heterocycles. The maximum absolute atomic E-state index is 14.9. The molecule has 0 spiro atoms. The molecule has 5 rings (SSSR count). The number of hydrogen-bond acceptors (Lipinski definition) is 5. The molecular weight excluding hydrogens is 478 g/mol. The van der Waals surface area contributed by atoms with E-state index in [1.54, 1.807) is 47.2 Å². The van der Waals surface area contributed by atoms with Crippen molar-refractivity contribution in [1.82, 2.24) is 14.2 Å². The van der Waals surface area contributed by atoms with Gasteiger partial charge in [0.25, 0.3) is 5.56 Å². The molecule has 2 aromatic carbocycles. The van der Waals surface area contributed by atoms with E-state index in [-0.39, 0.29) is 17.7 Å². The lowest BCUT2D eigenvalue weighted by atomic mass is 10.0. The first-order valence-corrected chi connectivity index (χ1v) is 11.6. The number of nitrogens with zero attached hydrogens (tertiary/aromatic N) is 3. The first-order valence-electron chi connectivity index (χ1n) is 11.6. The van der Waals surface area contributed by atoms with Crippen LogP contribution in [0, 0.1) is 11.6 Å². The second-order valence-corrected chi connectivity index (χ2v) is 8.29. The molecule has 3 aromatic heterocycles. The van der Waals surface area contributed by atoms with E-state index in [1.165, 1.54) is 47.2 Å². The molecule has 7 nitrogen and oxygen atoms in total. The molecule has 0 aliphatic carbocycles. The number of anilines is 1. The van der Waals surface area contributed by atoms with E-state index in [4.69, 9.17) is 4.74 Å². The predicted octanol–water partition coefficient (Wildman–Crippen LogP) is 5.41. The highest BCUT2D eigenvalue weighted by atomic mass is 19.1. The van der Waals surface area contributed by atoms with Crippen molar-refractivity contribution in [2.45, 2.75) is 13.3 Å². The molecule has 0 amide bonds. The fraction of sp³-hybridized carbons (Fsp3) is 0.107. The number of halogens is 2. The van der Waals surface area contributed by atoms with Crippen LogP contribution >= 0.6 is 0 Å². The zero-order chi connectivity index (χ0) is 25.9. The molecule has 0 bridgehead atoms. The number of Topliss-reactive ketones (excluding diaryl/α,β-unsaturated/α-hetero) is 1. The minimum Gasteiger partial charge on any atom is -0.452 e. The van der Waals surface area contributed by atoms with Gasteiger partial charge >= 0.3 is 0 Å². The van der Waals surface area contributed by atoms with Gasteiger partial charge in [0.05, 0.1) is 11.9 Å². The molecule has 186 valence electrons. The summed E-state index contributed by atoms with van der Waals surface area (Å²) in [7, 11) is 0. The summed E-state index contributed by atoms with van der Waals surface area (Å²) in [6.45, 7) is 2.34. The number of hydrogen-bond donors (Lipinski definition) is 1. The summed E-state index contributed by atoms with van der Waals surface area (Å²) < 4.78 is 37.0. The summed E-state index contributed by atoms with van der Waals surface area (Å²) in [6.07, 6.45) is 4.69. The Hall–Kier alpha value is -4.79. The first-order chi connectivity index (χ1) is 17.9. The lowest BCUT2D eigenvalue weighted by Crippen LogP contribution is -2.27. The van der Waals surface area contributed by atoms with Gasteiger partial charge in [-0.15, -0.1) is 0 Å². The van der Waals surface area contributed by atoms with Crippen LogP contribution in [-0.2, 0) is 6.42 Å². The summed E-state index contributed by atoms with van der Waals surface area (Å²) in [6, 6.07) is 16.5. The van der Waals surface area contributed by atoms with Gasteiger partial charge in [0.15, 0.2) is 23.1 Å². The highest BCUT2D eigenvalue weighted by molar-refractivity contribution is 6.02. The SMILES string of the molecule is CCNc1ccn(-c2ccc(F)cc2)c(=O)c1C(=O)Cc1ccc(Oc2cccn3nccc23)c(F)c1. The Morgan fingerprint density at radius 1 is 1.00 bits per heavy atom. The topological polar surface area (TPSA) is 77.6 Å². The van der Waals surface area contributed by atoms with Gasteiger partial charge in [0, 0.05) is 31.0 Å². The van der Waals surface area contributed by atoms with Gasteiger partial charge in [0.2, 0.25) is 0 Å². The van der Waals surface area contributed by atoms with Gasteiger partial charge in [-0.1, -0.05) is 6.07 Å². The average Bonchev–Trinajstić information content (AvgIpc) is 3.37. The Bertz CT molecular complexity index is 1660. The van der Waals surface area contributed by atoms with E-state index in [0.29, 0.717) is 34.7 Å². The van der Waals surface area contributed by atoms with Crippen LogP contribution in [0.2, 0.25) is 0 Å². The fourth-order valence-corrected chi connectivity index (χ4v) is 4.09. The highest BCUT2D eigenvalue weighted by Crippen LogP contribution is 2.29. The van der Waals surface area contributed by atoms with Crippen molar-refractivity contribution >= 4 is 17.0 Å². The van der Waals surface area contributed by atoms with E-state index >= 15 is 0 Å². The highest BCUT2D eigenvalue weighted by Gasteiger charge is 2.20. The second-order valence-electron chi connectivity index (χ2n) is 8.29. The summed E-state index contributed by atoms with van der Waals surface area (Å²) in [4.78, 5) is 26.6. The van der Waals surface area contributed by atoms with Crippen LogP contribution in [0.4, 0.5) is 14.5 Å². The van der Waals surface area contributed by atoms with E-state index in [1.807, 2.05) is 6.92 Å². The smallest absolute Gasteiger partial charge is 0.268 e. The average molecular weight is 501 g/mol. The Labute approximate surface area is 210 Å². The van der Waals surface area contributed by atoms with Crippen LogP contribution in [0.25, 0.3) is 11.2 Å². The number of pyridine rings is 2. The Kier molecular flexibility index (Phi) is 6.51. The van der Waals surface area contributed by atoms with E-state index in [0.717, 1.165) is 0 Å². The monoisotopic (exact) mass is 500 g/mol. The van der Waals surface area contributed by atoms with Crippen LogP contribution in [-0.4, -0.2) is 26.5 Å². The van der Waals surface area contributed by atoms with Gasteiger partial charge in [-0.3, -0.25) is 14.2 Å². The van der Waals surface area contributed by atoms with Gasteiger partial charge in [-0.25, -0.2) is 13.3 Å². The van der Waals surface area contributed by atoms with Crippen molar-refractivity contribution in [3.63, 3.8) is 0 Å². The standard InChI is InChI=1S/C28H22F2N4O3/c1-2-31-22-12-15-33(20-8-6-19(29)7-9-20)28(36)27(22)24(35)17-18-5-10-25(21(30)16-18)37-26-4-3-14-34-23(26)11-13-32-34/h3-16,31H,2,17H2,1H3. The summed E-state index contributed by atoms with van der Waals surface area (Å²) in [5.41, 5.74) is 1.26. The van der Waals surface area contributed by atoms with Crippen LogP contribution in [0.3, 0.4) is 0 Å². The maximum Gasteiger partial charge on any atom is 0.268 e. The van der Waals surface area contributed by atoms with Gasteiger partial charge < -0.3 is 10.1 Å². The third-order valence-corrected chi connectivity index (χ3v) is 5.82. The van der Waals surface area contributed by atoms with Crippen molar-refractivity contribution in [3.8, 4) is 17.2 Å². The van der Waals surface area contributed by atoms with Gasteiger partial charge in [-0.05, 0) is 73.2 Å². The number of benzene rings is 2. The molecule has 0 saturated heterocycles. The zero-order valence-electron chi connectivity index (χ0n) is 19.8. The van der Waals surface area contributed by atoms with Crippen LogP contribution in [0.15, 0.2) is 90.1 Å². The molecular formula is C28H22F2N4O3. The van der Waals surface area contributed by atoms with Crippen LogP contribution in [0.1, 0.15) is 22.8 Å². The zero-order valence-corrected chi connectivity index (χ0v) is 19.8. The third kappa shape index (κ3) is 4.84. The number of ether oxygens (including phenoxy) is 1. The molecule has 0 fully saturated rings. The summed E-state index contributed by atoms with van der Waals surface area (Å²) in [5.74, 6) is -1.13. The minimum absolute atomic E-state index is 0.00258. The lowest BCUT2D eigenvalue weighted by molar-refractivity contribution is 0.0992. The van der Waals surface area contributed by atoms with Crippen LogP contribution in [0.5, 0.6) is 11.5 Å². The molecule has 0 radical (unpaired) electrons. The van der Waals surface area contributed by atoms with Crippen molar-refractivity contribution in [1.29, 1.82) is 0 Å². The summed E-state index contributed by atoms with van der Waals surface area (Å²) >= 11 is 0. The predicted molar refractivity (Wildman–Crippen MR) is 136 cm³/mol. The van der Waals surface area contributed by atoms with E-state index in [9.17, 15) is 18.4 Å². The van der Waals surface area contributed by atoms with Crippen molar-refractivity contribution in [2.75, 3.05) is 11.9 Å². The van der Waals surface area contributed by atoms with Crippen LogP contribution < -0.4 is 15.6 Å². The Balaban J connectivity index is 1.43. The molecule has 9 heteroatoms. The van der Waals surface area contributed by atoms with Crippen molar-refractivity contribution in [3.05, 3.63) is 118 Å². The van der Waals surface area contributed by atoms with Crippen molar-refractivity contribution in [2.24, 2.45) is 0 Å². The number of carbonyl (C=O) groups excluding carboxylic acids is 1. The summed E-state index contributed by atoms with van der Waals surface area (Å²) in [5, 5.41) is 7.17. The molecule has 1 N–H and O–H groups in total. The van der Waals surface area contributed by atoms with Gasteiger partial charge in [-0.2, -0.15) is 5.10 Å². The number of carbonyl (C=O) groups is 1. The number of fused-ring (bicyclic) bond motifs is 1. The normalized spacial score (nSPS) is 11.0. The van der Waals surface area contributed by atoms with E-state index < -0.39 is 23.0 Å². The minimum atomic E-state index is -0.643. The maximum atomic E-state index is 14.9. The van der Waals surface area contributed by atoms with Crippen molar-refractivity contribution < 1.29 is 18.3 Å². The molecule has 0 saturated carbocycles. The number of ketones is 1. The molecule has 0 aliphatic rings. The van der Waals surface area contributed by atoms with E-state index in [2.05, 4.69) is 10.4 Å². The Morgan fingerprint density at radius 3 is 2.57 bits per heavy atom. The Morgan fingerprint density at radius 2 is 1.81 bits per heavy atom. The van der Waals surface area contributed by atoms with Gasteiger partial charge in [0.1, 0.15) is 16.9 Å². The first kappa shape index (κ1) is 23.9. The molecule has 3 heterocycles. The molecule has 0 unspecified atom stereocenters. The quantitative estimate of drug-likeness (QED) is 0.288.